The van der Waals surface area contributed by atoms with Crippen molar-refractivity contribution in [1.29, 1.82) is 0 Å². The van der Waals surface area contributed by atoms with Gasteiger partial charge in [0, 0.05) is 6.42 Å². The average Bonchev–Trinajstić information content (AvgIpc) is 2.61. The zero-order chi connectivity index (χ0) is 10.1. The molecule has 0 aromatic carbocycles. The topological polar surface area (TPSA) is 57.0 Å². The first-order valence-corrected chi connectivity index (χ1v) is 4.45. The molecule has 1 atom stereocenters. The highest BCUT2D eigenvalue weighted by Crippen LogP contribution is 2.15. The Balaban J connectivity index is 2.16. The van der Waals surface area contributed by atoms with Gasteiger partial charge in [0.2, 0.25) is 0 Å². The third kappa shape index (κ3) is 1.47. The quantitative estimate of drug-likeness (QED) is 0.645. The highest BCUT2D eigenvalue weighted by molar-refractivity contribution is 5.85. The lowest BCUT2D eigenvalue weighted by Crippen LogP contribution is -2.10. The van der Waals surface area contributed by atoms with Crippen LogP contribution in [0.5, 0.6) is 0 Å². The summed E-state index contributed by atoms with van der Waals surface area (Å²) in [4.78, 5) is 15.1. The van der Waals surface area contributed by atoms with Crippen molar-refractivity contribution < 1.29 is 13.9 Å². The van der Waals surface area contributed by atoms with Crippen LogP contribution in [0.15, 0.2) is 0 Å². The lowest BCUT2D eigenvalue weighted by atomic mass is 10.3. The second kappa shape index (κ2) is 3.36. The summed E-state index contributed by atoms with van der Waals surface area (Å²) in [6.07, 6.45) is -0.701. The Labute approximate surface area is 79.9 Å². The van der Waals surface area contributed by atoms with Gasteiger partial charge in [-0.25, -0.2) is 18.9 Å². The molecule has 0 fully saturated rings. The Morgan fingerprint density at radius 2 is 2.57 bits per heavy atom. The van der Waals surface area contributed by atoms with Crippen LogP contribution in [0.2, 0.25) is 0 Å². The number of ether oxygens (including phenoxy) is 1. The molecule has 5 nitrogen and oxygen atoms in total. The van der Waals surface area contributed by atoms with Gasteiger partial charge in [0.15, 0.2) is 0 Å². The third-order valence-electron chi connectivity index (χ3n) is 1.98. The number of carbonyl (C=O) groups is 1. The van der Waals surface area contributed by atoms with Crippen LogP contribution in [-0.2, 0) is 17.7 Å². The molecule has 0 N–H and O–H groups in total. The minimum absolute atomic E-state index is 0.0220. The molecule has 0 amide bonds. The summed E-state index contributed by atoms with van der Waals surface area (Å²) in [5.74, 6) is -0.0147. The Morgan fingerprint density at radius 3 is 3.21 bits per heavy atom. The van der Waals surface area contributed by atoms with Gasteiger partial charge in [0.05, 0.1) is 13.2 Å². The molecule has 6 heteroatoms. The lowest BCUT2D eigenvalue weighted by Gasteiger charge is -1.96. The first-order chi connectivity index (χ1) is 6.70. The molecule has 0 radical (unpaired) electrons. The van der Waals surface area contributed by atoms with E-state index in [2.05, 4.69) is 10.1 Å². The van der Waals surface area contributed by atoms with Crippen LogP contribution in [0.3, 0.4) is 0 Å². The first-order valence-electron chi connectivity index (χ1n) is 4.45. The molecule has 0 aliphatic carbocycles. The molecule has 14 heavy (non-hydrogen) atoms. The molecule has 76 valence electrons. The summed E-state index contributed by atoms with van der Waals surface area (Å²) in [7, 11) is 0. The summed E-state index contributed by atoms with van der Waals surface area (Å²) in [5, 5.41) is 3.85. The summed E-state index contributed by atoms with van der Waals surface area (Å²) in [5.41, 5.74) is 0. The van der Waals surface area contributed by atoms with E-state index in [0.717, 1.165) is 0 Å². The van der Waals surface area contributed by atoms with E-state index in [0.29, 0.717) is 5.82 Å². The number of alkyl halides is 1. The fourth-order valence-corrected chi connectivity index (χ4v) is 1.40. The Kier molecular flexibility index (Phi) is 2.18. The van der Waals surface area contributed by atoms with Gasteiger partial charge in [0.1, 0.15) is 12.0 Å². The van der Waals surface area contributed by atoms with Gasteiger partial charge in [-0.2, -0.15) is 0 Å². The maximum Gasteiger partial charge on any atom is 0.378 e. The Morgan fingerprint density at radius 1 is 1.79 bits per heavy atom. The largest absolute Gasteiger partial charge is 0.460 e. The molecule has 2 rings (SSSR count). The fraction of sp³-hybridized carbons (Fsp3) is 0.625. The molecule has 0 saturated heterocycles. The number of fused-ring (bicyclic) bond motifs is 1. The van der Waals surface area contributed by atoms with Crippen molar-refractivity contribution in [1.82, 2.24) is 14.8 Å². The van der Waals surface area contributed by atoms with Crippen molar-refractivity contribution in [3.05, 3.63) is 11.6 Å². The number of esters is 1. The molecular formula is C8H10FN3O2. The van der Waals surface area contributed by atoms with E-state index in [9.17, 15) is 9.18 Å². The molecule has 0 bridgehead atoms. The lowest BCUT2D eigenvalue weighted by molar-refractivity contribution is 0.0511. The number of hydrogen-bond donors (Lipinski definition) is 0. The minimum Gasteiger partial charge on any atom is -0.460 e. The predicted octanol–water partition coefficient (Wildman–Crippen LogP) is 0.349. The molecule has 1 aliphatic rings. The van der Waals surface area contributed by atoms with Gasteiger partial charge in [-0.1, -0.05) is 0 Å². The number of rotatable bonds is 2. The van der Waals surface area contributed by atoms with E-state index < -0.39 is 12.1 Å². The van der Waals surface area contributed by atoms with Gasteiger partial charge in [0.25, 0.3) is 5.82 Å². The van der Waals surface area contributed by atoms with Crippen molar-refractivity contribution in [2.45, 2.75) is 26.1 Å². The fourth-order valence-electron chi connectivity index (χ4n) is 1.40. The standard InChI is InChI=1S/C8H10FN3O2/c1-2-14-8(13)7-10-6-3-5(9)4-12(6)11-7/h5H,2-4H2,1H3. The summed E-state index contributed by atoms with van der Waals surface area (Å²) < 4.78 is 18.9. The highest BCUT2D eigenvalue weighted by Gasteiger charge is 2.26. The second-order valence-electron chi connectivity index (χ2n) is 3.06. The molecule has 1 aliphatic heterocycles. The monoisotopic (exact) mass is 199 g/mol. The summed E-state index contributed by atoms with van der Waals surface area (Å²) in [6, 6.07) is 0. The third-order valence-corrected chi connectivity index (χ3v) is 1.98. The van der Waals surface area contributed by atoms with Crippen LogP contribution in [0.4, 0.5) is 4.39 Å². The maximum atomic E-state index is 12.8. The van der Waals surface area contributed by atoms with E-state index in [1.54, 1.807) is 6.92 Å². The minimum atomic E-state index is -0.929. The van der Waals surface area contributed by atoms with Crippen molar-refractivity contribution >= 4 is 5.97 Å². The highest BCUT2D eigenvalue weighted by atomic mass is 19.1. The van der Waals surface area contributed by atoms with Gasteiger partial charge < -0.3 is 4.74 Å². The molecule has 1 aromatic heterocycles. The van der Waals surface area contributed by atoms with Crippen LogP contribution in [0, 0.1) is 0 Å². The summed E-state index contributed by atoms with van der Waals surface area (Å²) in [6.45, 7) is 2.18. The molecule has 1 aromatic rings. The van der Waals surface area contributed by atoms with Crippen LogP contribution in [0.1, 0.15) is 23.4 Å². The normalized spacial score (nSPS) is 19.4. The van der Waals surface area contributed by atoms with Gasteiger partial charge in [-0.3, -0.25) is 0 Å². The van der Waals surface area contributed by atoms with Crippen LogP contribution >= 0.6 is 0 Å². The van der Waals surface area contributed by atoms with Crippen molar-refractivity contribution in [3.63, 3.8) is 0 Å². The van der Waals surface area contributed by atoms with E-state index in [-0.39, 0.29) is 25.4 Å². The average molecular weight is 199 g/mol. The summed E-state index contributed by atoms with van der Waals surface area (Å²) >= 11 is 0. The Hall–Kier alpha value is -1.46. The SMILES string of the molecule is CCOC(=O)c1nc2n(n1)CC(F)C2. The van der Waals surface area contributed by atoms with Crippen molar-refractivity contribution in [2.24, 2.45) is 0 Å². The van der Waals surface area contributed by atoms with Gasteiger partial charge in [-0.15, -0.1) is 5.10 Å². The number of nitrogens with zero attached hydrogens (tertiary/aromatic N) is 3. The maximum absolute atomic E-state index is 12.8. The second-order valence-corrected chi connectivity index (χ2v) is 3.06. The number of carbonyl (C=O) groups excluding carboxylic acids is 1. The van der Waals surface area contributed by atoms with E-state index >= 15 is 0 Å². The van der Waals surface area contributed by atoms with Crippen LogP contribution in [0.25, 0.3) is 0 Å². The number of halogens is 1. The first kappa shape index (κ1) is 9.11. The smallest absolute Gasteiger partial charge is 0.378 e. The van der Waals surface area contributed by atoms with Crippen molar-refractivity contribution in [2.75, 3.05) is 6.61 Å². The Bertz CT molecular complexity index is 340. The number of hydrogen-bond acceptors (Lipinski definition) is 4. The number of aromatic nitrogens is 3. The van der Waals surface area contributed by atoms with E-state index in [1.807, 2.05) is 0 Å². The molecule has 0 spiro atoms. The van der Waals surface area contributed by atoms with Crippen LogP contribution < -0.4 is 0 Å². The zero-order valence-electron chi connectivity index (χ0n) is 7.73. The predicted molar refractivity (Wildman–Crippen MR) is 44.6 cm³/mol. The van der Waals surface area contributed by atoms with E-state index in [1.165, 1.54) is 4.68 Å². The van der Waals surface area contributed by atoms with Crippen LogP contribution in [-0.4, -0.2) is 33.5 Å². The van der Waals surface area contributed by atoms with E-state index in [4.69, 9.17) is 4.74 Å². The van der Waals surface area contributed by atoms with Crippen molar-refractivity contribution in [3.8, 4) is 0 Å². The molecule has 1 unspecified atom stereocenters. The molecule has 0 saturated carbocycles. The zero-order valence-corrected chi connectivity index (χ0v) is 7.73. The molecular weight excluding hydrogens is 189 g/mol. The molecule has 2 heterocycles. The van der Waals surface area contributed by atoms with Gasteiger partial charge >= 0.3 is 5.97 Å². The van der Waals surface area contributed by atoms with Gasteiger partial charge in [-0.05, 0) is 6.92 Å².